The third kappa shape index (κ3) is 5.06. The van der Waals surface area contributed by atoms with Crippen LogP contribution in [0.2, 0.25) is 0 Å². The molecule has 1 aliphatic heterocycles. The van der Waals surface area contributed by atoms with Gasteiger partial charge in [0.2, 0.25) is 0 Å². The van der Waals surface area contributed by atoms with Gasteiger partial charge in [0, 0.05) is 43.3 Å². The Morgan fingerprint density at radius 2 is 1.67 bits per heavy atom. The van der Waals surface area contributed by atoms with E-state index in [2.05, 4.69) is 27.9 Å². The van der Waals surface area contributed by atoms with Crippen LogP contribution in [-0.4, -0.2) is 47.0 Å². The zero-order valence-corrected chi connectivity index (χ0v) is 17.3. The molecule has 2 aromatic rings. The van der Waals surface area contributed by atoms with Gasteiger partial charge in [0.15, 0.2) is 0 Å². The molecular formula is C21H30N4OS. The van der Waals surface area contributed by atoms with E-state index in [9.17, 15) is 4.79 Å². The lowest BCUT2D eigenvalue weighted by Crippen LogP contribution is -2.32. The van der Waals surface area contributed by atoms with Gasteiger partial charge in [0.1, 0.15) is 16.5 Å². The fourth-order valence-corrected chi connectivity index (χ4v) is 4.33. The minimum absolute atomic E-state index is 0.0498. The van der Waals surface area contributed by atoms with Crippen molar-refractivity contribution in [3.05, 3.63) is 29.4 Å². The lowest BCUT2D eigenvalue weighted by molar-refractivity contribution is 0.0756. The minimum Gasteiger partial charge on any atom is -0.357 e. The van der Waals surface area contributed by atoms with Gasteiger partial charge in [-0.3, -0.25) is 4.79 Å². The largest absolute Gasteiger partial charge is 0.357 e. The van der Waals surface area contributed by atoms with Crippen molar-refractivity contribution in [2.24, 2.45) is 0 Å². The van der Waals surface area contributed by atoms with E-state index in [1.54, 1.807) is 0 Å². The zero-order chi connectivity index (χ0) is 19.1. The first-order chi connectivity index (χ1) is 13.2. The van der Waals surface area contributed by atoms with Crippen molar-refractivity contribution < 1.29 is 4.79 Å². The van der Waals surface area contributed by atoms with Crippen LogP contribution in [-0.2, 0) is 0 Å². The van der Waals surface area contributed by atoms with E-state index in [4.69, 9.17) is 0 Å². The molecule has 3 rings (SSSR count). The molecule has 2 aromatic heterocycles. The lowest BCUT2D eigenvalue weighted by Gasteiger charge is -2.22. The van der Waals surface area contributed by atoms with Crippen molar-refractivity contribution in [2.75, 3.05) is 31.1 Å². The molecule has 0 unspecified atom stereocenters. The van der Waals surface area contributed by atoms with E-state index in [1.165, 1.54) is 43.4 Å². The summed E-state index contributed by atoms with van der Waals surface area (Å²) in [7, 11) is 0. The summed E-state index contributed by atoms with van der Waals surface area (Å²) in [6.45, 7) is 7.77. The van der Waals surface area contributed by atoms with Crippen LogP contribution in [0.5, 0.6) is 0 Å². The molecule has 0 fully saturated rings. The highest BCUT2D eigenvalue weighted by Crippen LogP contribution is 2.27. The second-order valence-electron chi connectivity index (χ2n) is 7.03. The quantitative estimate of drug-likeness (QED) is 0.740. The van der Waals surface area contributed by atoms with E-state index in [-0.39, 0.29) is 5.91 Å². The molecular weight excluding hydrogens is 356 g/mol. The summed E-state index contributed by atoms with van der Waals surface area (Å²) < 4.78 is 0. The molecule has 1 amide bonds. The first kappa shape index (κ1) is 19.8. The highest BCUT2D eigenvalue weighted by atomic mass is 32.1. The molecule has 146 valence electrons. The number of amides is 1. The third-order valence-corrected chi connectivity index (χ3v) is 6.09. The molecule has 4 bridgehead atoms. The van der Waals surface area contributed by atoms with Crippen molar-refractivity contribution in [2.45, 2.75) is 52.4 Å². The Balaban J connectivity index is 1.89. The predicted octanol–water partition coefficient (Wildman–Crippen LogP) is 4.85. The van der Waals surface area contributed by atoms with Crippen molar-refractivity contribution in [3.63, 3.8) is 0 Å². The van der Waals surface area contributed by atoms with Crippen LogP contribution in [0.15, 0.2) is 23.7 Å². The van der Waals surface area contributed by atoms with E-state index >= 15 is 0 Å². The summed E-state index contributed by atoms with van der Waals surface area (Å²) >= 11 is 1.53. The van der Waals surface area contributed by atoms with Gasteiger partial charge < -0.3 is 9.80 Å². The van der Waals surface area contributed by atoms with Crippen LogP contribution < -0.4 is 4.90 Å². The SMILES string of the molecule is CCN1CCCCCCCCN(CC)c2cc(ccn2)-c2nc(cs2)C1=O. The number of carbonyl (C=O) groups is 1. The van der Waals surface area contributed by atoms with Crippen LogP contribution >= 0.6 is 11.3 Å². The van der Waals surface area contributed by atoms with Crippen LogP contribution in [0.3, 0.4) is 0 Å². The summed E-state index contributed by atoms with van der Waals surface area (Å²) in [5, 5.41) is 2.78. The number of rotatable bonds is 2. The number of aromatic nitrogens is 2. The molecule has 6 heteroatoms. The predicted molar refractivity (Wildman–Crippen MR) is 113 cm³/mol. The average Bonchev–Trinajstić information content (AvgIpc) is 3.19. The second-order valence-corrected chi connectivity index (χ2v) is 7.88. The number of hydrogen-bond acceptors (Lipinski definition) is 5. The molecule has 1 aliphatic rings. The molecule has 27 heavy (non-hydrogen) atoms. The van der Waals surface area contributed by atoms with Gasteiger partial charge >= 0.3 is 0 Å². The molecule has 3 heterocycles. The van der Waals surface area contributed by atoms with Crippen LogP contribution in [0.4, 0.5) is 5.82 Å². The molecule has 0 saturated heterocycles. The van der Waals surface area contributed by atoms with Crippen molar-refractivity contribution in [1.29, 1.82) is 0 Å². The Labute approximate surface area is 166 Å². The van der Waals surface area contributed by atoms with Crippen molar-refractivity contribution in [3.8, 4) is 10.6 Å². The number of thiazole rings is 1. The number of pyridine rings is 1. The maximum atomic E-state index is 12.8. The maximum absolute atomic E-state index is 12.8. The number of carbonyl (C=O) groups excluding carboxylic acids is 1. The number of hydrogen-bond donors (Lipinski definition) is 0. The topological polar surface area (TPSA) is 49.3 Å². The highest BCUT2D eigenvalue weighted by molar-refractivity contribution is 7.13. The van der Waals surface area contributed by atoms with Gasteiger partial charge in [-0.2, -0.15) is 0 Å². The van der Waals surface area contributed by atoms with Gasteiger partial charge in [-0.25, -0.2) is 9.97 Å². The molecule has 0 spiro atoms. The van der Waals surface area contributed by atoms with Crippen LogP contribution in [0.1, 0.15) is 62.9 Å². The Morgan fingerprint density at radius 1 is 1.00 bits per heavy atom. The lowest BCUT2D eigenvalue weighted by atomic mass is 10.1. The fraction of sp³-hybridized carbons (Fsp3) is 0.571. The number of nitrogens with zero attached hydrogens (tertiary/aromatic N) is 4. The normalized spacial score (nSPS) is 17.0. The Kier molecular flexibility index (Phi) is 7.21. The molecule has 0 atom stereocenters. The van der Waals surface area contributed by atoms with Crippen LogP contribution in [0, 0.1) is 0 Å². The second kappa shape index (κ2) is 9.83. The highest BCUT2D eigenvalue weighted by Gasteiger charge is 2.18. The van der Waals surface area contributed by atoms with Crippen LogP contribution in [0.25, 0.3) is 10.6 Å². The summed E-state index contributed by atoms with van der Waals surface area (Å²) in [6.07, 6.45) is 9.06. The first-order valence-electron chi connectivity index (χ1n) is 10.2. The van der Waals surface area contributed by atoms with E-state index in [1.807, 2.05) is 29.5 Å². The summed E-state index contributed by atoms with van der Waals surface area (Å²) in [5.41, 5.74) is 1.60. The molecule has 0 N–H and O–H groups in total. The van der Waals surface area contributed by atoms with Gasteiger partial charge in [-0.05, 0) is 38.8 Å². The fourth-order valence-electron chi connectivity index (χ4n) is 3.54. The Hall–Kier alpha value is -1.95. The molecule has 0 saturated carbocycles. The van der Waals surface area contributed by atoms with E-state index in [0.717, 1.165) is 49.0 Å². The first-order valence-corrected chi connectivity index (χ1v) is 11.1. The summed E-state index contributed by atoms with van der Waals surface area (Å²) in [5.74, 6) is 1.05. The van der Waals surface area contributed by atoms with Gasteiger partial charge in [-0.15, -0.1) is 11.3 Å². The monoisotopic (exact) mass is 386 g/mol. The molecule has 0 aromatic carbocycles. The minimum atomic E-state index is 0.0498. The average molecular weight is 387 g/mol. The Bertz CT molecular complexity index is 745. The van der Waals surface area contributed by atoms with Crippen molar-refractivity contribution in [1.82, 2.24) is 14.9 Å². The number of anilines is 1. The maximum Gasteiger partial charge on any atom is 0.273 e. The third-order valence-electron chi connectivity index (χ3n) is 5.20. The van der Waals surface area contributed by atoms with E-state index in [0.29, 0.717) is 5.69 Å². The van der Waals surface area contributed by atoms with Gasteiger partial charge in [-0.1, -0.05) is 25.7 Å². The smallest absolute Gasteiger partial charge is 0.273 e. The number of fused-ring (bicyclic) bond motifs is 5. The standard InChI is InChI=1S/C21H30N4OS/c1-3-24-13-9-7-5-6-8-10-14-25(4-2)21(26)18-16-27-20(23-18)17-11-12-22-19(24)15-17/h11-12,15-16H,3-10,13-14H2,1-2H3. The zero-order valence-electron chi connectivity index (χ0n) is 16.5. The molecule has 0 radical (unpaired) electrons. The van der Waals surface area contributed by atoms with Gasteiger partial charge in [0.05, 0.1) is 0 Å². The molecule has 5 nitrogen and oxygen atoms in total. The van der Waals surface area contributed by atoms with Crippen molar-refractivity contribution >= 4 is 23.1 Å². The Morgan fingerprint density at radius 3 is 2.37 bits per heavy atom. The summed E-state index contributed by atoms with van der Waals surface area (Å²) in [4.78, 5) is 26.3. The summed E-state index contributed by atoms with van der Waals surface area (Å²) in [6, 6.07) is 4.09. The van der Waals surface area contributed by atoms with E-state index < -0.39 is 0 Å². The van der Waals surface area contributed by atoms with Gasteiger partial charge in [0.25, 0.3) is 5.91 Å². The molecule has 0 aliphatic carbocycles.